The summed E-state index contributed by atoms with van der Waals surface area (Å²) in [6.45, 7) is 13.1. The minimum atomic E-state index is -0.263. The van der Waals surface area contributed by atoms with E-state index in [1.54, 1.807) is 0 Å². The summed E-state index contributed by atoms with van der Waals surface area (Å²) >= 11 is 0. The molecule has 6 rings (SSSR count). The summed E-state index contributed by atoms with van der Waals surface area (Å²) in [4.78, 5) is 44.2. The number of benzene rings is 2. The van der Waals surface area contributed by atoms with E-state index < -0.39 is 0 Å². The predicted octanol–water partition coefficient (Wildman–Crippen LogP) is 5.87. The van der Waals surface area contributed by atoms with E-state index in [1.165, 1.54) is 25.7 Å². The van der Waals surface area contributed by atoms with Gasteiger partial charge in [-0.3, -0.25) is 14.4 Å². The Bertz CT molecular complexity index is 1480. The molecular weight excluding hydrogens is 616 g/mol. The number of nitrogens with one attached hydrogen (secondary N) is 2. The van der Waals surface area contributed by atoms with Crippen LogP contribution in [0.3, 0.4) is 0 Å². The van der Waals surface area contributed by atoms with E-state index in [9.17, 15) is 14.4 Å². The second kappa shape index (κ2) is 15.6. The van der Waals surface area contributed by atoms with E-state index in [0.717, 1.165) is 73.4 Å². The lowest BCUT2D eigenvalue weighted by molar-refractivity contribution is -0.143. The van der Waals surface area contributed by atoms with Crippen molar-refractivity contribution in [3.63, 3.8) is 0 Å². The third-order valence-corrected chi connectivity index (χ3v) is 12.2. The van der Waals surface area contributed by atoms with Gasteiger partial charge >= 0.3 is 0 Å². The van der Waals surface area contributed by atoms with Crippen molar-refractivity contribution >= 4 is 23.4 Å². The zero-order valence-electron chi connectivity index (χ0n) is 30.0. The lowest BCUT2D eigenvalue weighted by atomic mass is 9.59. The Labute approximate surface area is 292 Å². The van der Waals surface area contributed by atoms with Gasteiger partial charge in [0.15, 0.2) is 0 Å². The van der Waals surface area contributed by atoms with Crippen LogP contribution in [-0.4, -0.2) is 80.8 Å². The van der Waals surface area contributed by atoms with Gasteiger partial charge in [-0.1, -0.05) is 56.9 Å². The largest absolute Gasteiger partial charge is 0.381 e. The highest BCUT2D eigenvalue weighted by Gasteiger charge is 2.50. The lowest BCUT2D eigenvalue weighted by Gasteiger charge is -2.51. The summed E-state index contributed by atoms with van der Waals surface area (Å²) in [5, 5.41) is 6.56. The molecule has 0 bridgehead atoms. The Morgan fingerprint density at radius 2 is 1.69 bits per heavy atom. The molecule has 2 aromatic carbocycles. The fourth-order valence-electron chi connectivity index (χ4n) is 9.09. The molecule has 1 saturated carbocycles. The summed E-state index contributed by atoms with van der Waals surface area (Å²) in [5.74, 6) is -0.146. The van der Waals surface area contributed by atoms with Crippen LogP contribution >= 0.6 is 0 Å². The van der Waals surface area contributed by atoms with Crippen LogP contribution < -0.4 is 15.5 Å². The van der Waals surface area contributed by atoms with E-state index in [1.807, 2.05) is 11.0 Å². The van der Waals surface area contributed by atoms with E-state index in [-0.39, 0.29) is 47.6 Å². The van der Waals surface area contributed by atoms with Gasteiger partial charge in [-0.2, -0.15) is 0 Å². The summed E-state index contributed by atoms with van der Waals surface area (Å²) < 4.78 is 11.0. The maximum Gasteiger partial charge on any atom is 0.251 e. The zero-order valence-corrected chi connectivity index (χ0v) is 30.0. The molecule has 4 fully saturated rings. The normalized spacial score (nSPS) is 24.7. The van der Waals surface area contributed by atoms with Crippen molar-refractivity contribution in [2.45, 2.75) is 97.7 Å². The quantitative estimate of drug-likeness (QED) is 0.346. The molecule has 2 N–H and O–H groups in total. The molecule has 3 saturated heterocycles. The predicted molar refractivity (Wildman–Crippen MR) is 192 cm³/mol. The molecule has 3 heterocycles. The Balaban J connectivity index is 1.27. The van der Waals surface area contributed by atoms with Gasteiger partial charge in [0.25, 0.3) is 5.91 Å². The molecule has 9 heteroatoms. The highest BCUT2D eigenvalue weighted by Crippen LogP contribution is 2.49. The Kier molecular flexibility index (Phi) is 11.3. The SMILES string of the molecule is CCN(c1cc(-c2ccc(CN3CCOCC3=O)cc2)cc(C(=O)NCC2C(=O)NC(C)C3(CCCCCC3)C2C)c1C)C1CCOCC1. The van der Waals surface area contributed by atoms with E-state index in [0.29, 0.717) is 37.8 Å². The Morgan fingerprint density at radius 3 is 2.37 bits per heavy atom. The van der Waals surface area contributed by atoms with Crippen molar-refractivity contribution in [1.82, 2.24) is 15.5 Å². The number of amides is 3. The molecule has 49 heavy (non-hydrogen) atoms. The molecule has 266 valence electrons. The van der Waals surface area contributed by atoms with Crippen molar-refractivity contribution in [1.29, 1.82) is 0 Å². The van der Waals surface area contributed by atoms with E-state index in [4.69, 9.17) is 9.47 Å². The highest BCUT2D eigenvalue weighted by atomic mass is 16.5. The molecule has 3 unspecified atom stereocenters. The van der Waals surface area contributed by atoms with Gasteiger partial charge in [-0.05, 0) is 92.2 Å². The molecule has 0 radical (unpaired) electrons. The van der Waals surface area contributed by atoms with Gasteiger partial charge in [-0.25, -0.2) is 0 Å². The van der Waals surface area contributed by atoms with Crippen molar-refractivity contribution in [3.05, 3.63) is 53.1 Å². The van der Waals surface area contributed by atoms with Gasteiger partial charge in [-0.15, -0.1) is 0 Å². The second-order valence-electron chi connectivity index (χ2n) is 14.8. The standard InChI is InChI=1S/C40H56N4O5/c1-5-44(33-14-19-48-20-15-33)36-23-32(31-12-10-30(11-13-31)25-43-18-21-49-26-37(43)45)22-34(27(36)2)38(46)41-24-35-28(3)40(29(4)42-39(35)47)16-8-6-7-9-17-40/h10-13,22-23,28-29,33,35H,5-9,14-21,24-26H2,1-4H3,(H,41,46)(H,42,47). The number of rotatable bonds is 9. The fraction of sp³-hybridized carbons (Fsp3) is 0.625. The van der Waals surface area contributed by atoms with E-state index >= 15 is 0 Å². The number of hydrogen-bond donors (Lipinski definition) is 2. The van der Waals surface area contributed by atoms with Gasteiger partial charge < -0.3 is 29.9 Å². The first-order valence-electron chi connectivity index (χ1n) is 18.7. The van der Waals surface area contributed by atoms with Gasteiger partial charge in [0.05, 0.1) is 12.5 Å². The number of hydrogen-bond acceptors (Lipinski definition) is 6. The number of piperidine rings is 1. The first kappa shape index (κ1) is 35.4. The number of carbonyl (C=O) groups excluding carboxylic acids is 3. The summed E-state index contributed by atoms with van der Waals surface area (Å²) in [6, 6.07) is 13.0. The second-order valence-corrected chi connectivity index (χ2v) is 14.8. The minimum absolute atomic E-state index is 0.0148. The number of anilines is 1. The van der Waals surface area contributed by atoms with Gasteiger partial charge in [0.1, 0.15) is 6.61 Å². The highest BCUT2D eigenvalue weighted by molar-refractivity contribution is 5.99. The molecule has 3 aliphatic heterocycles. The summed E-state index contributed by atoms with van der Waals surface area (Å²) in [5.41, 5.74) is 5.78. The Hall–Kier alpha value is -3.43. The van der Waals surface area contributed by atoms with Gasteiger partial charge in [0.2, 0.25) is 11.8 Å². The average Bonchev–Trinajstić information content (AvgIpc) is 3.38. The molecule has 9 nitrogen and oxygen atoms in total. The first-order chi connectivity index (χ1) is 23.7. The third-order valence-electron chi connectivity index (χ3n) is 12.2. The van der Waals surface area contributed by atoms with Crippen molar-refractivity contribution in [2.24, 2.45) is 17.3 Å². The molecule has 4 aliphatic rings. The molecule has 1 spiro atoms. The van der Waals surface area contributed by atoms with Crippen LogP contribution in [0.5, 0.6) is 0 Å². The van der Waals surface area contributed by atoms with Crippen LogP contribution in [0.2, 0.25) is 0 Å². The van der Waals surface area contributed by atoms with Crippen LogP contribution in [-0.2, 0) is 25.6 Å². The lowest BCUT2D eigenvalue weighted by Crippen LogP contribution is -2.61. The van der Waals surface area contributed by atoms with Crippen molar-refractivity contribution in [2.75, 3.05) is 51.0 Å². The van der Waals surface area contributed by atoms with Crippen LogP contribution in [0.25, 0.3) is 11.1 Å². The third kappa shape index (κ3) is 7.53. The molecule has 1 aliphatic carbocycles. The van der Waals surface area contributed by atoms with Crippen LogP contribution in [0.4, 0.5) is 5.69 Å². The van der Waals surface area contributed by atoms with Crippen LogP contribution in [0.1, 0.15) is 93.6 Å². The van der Waals surface area contributed by atoms with Crippen LogP contribution in [0, 0.1) is 24.2 Å². The number of ether oxygens (including phenoxy) is 2. The van der Waals surface area contributed by atoms with E-state index in [2.05, 4.69) is 73.6 Å². The van der Waals surface area contributed by atoms with Crippen molar-refractivity contribution in [3.8, 4) is 11.1 Å². The Morgan fingerprint density at radius 1 is 0.980 bits per heavy atom. The summed E-state index contributed by atoms with van der Waals surface area (Å²) in [7, 11) is 0. The molecule has 2 aromatic rings. The van der Waals surface area contributed by atoms with Gasteiger partial charge in [0, 0.05) is 62.7 Å². The molecule has 0 aromatic heterocycles. The number of carbonyl (C=O) groups is 3. The monoisotopic (exact) mass is 672 g/mol. The maximum absolute atomic E-state index is 14.2. The minimum Gasteiger partial charge on any atom is -0.381 e. The van der Waals surface area contributed by atoms with Crippen molar-refractivity contribution < 1.29 is 23.9 Å². The molecule has 3 amide bonds. The zero-order chi connectivity index (χ0) is 34.5. The number of nitrogens with zero attached hydrogens (tertiary/aromatic N) is 2. The average molecular weight is 673 g/mol. The maximum atomic E-state index is 14.2. The van der Waals surface area contributed by atoms with Crippen LogP contribution in [0.15, 0.2) is 36.4 Å². The first-order valence-corrected chi connectivity index (χ1v) is 18.7. The smallest absolute Gasteiger partial charge is 0.251 e. The molecular formula is C40H56N4O5. The number of morpholine rings is 1. The topological polar surface area (TPSA) is 100 Å². The fourth-order valence-corrected chi connectivity index (χ4v) is 9.09. The summed E-state index contributed by atoms with van der Waals surface area (Å²) in [6.07, 6.45) is 9.07. The molecule has 3 atom stereocenters.